The highest BCUT2D eigenvalue weighted by Gasteiger charge is 2.55. The van der Waals surface area contributed by atoms with Crippen molar-refractivity contribution in [2.24, 2.45) is 23.2 Å². The topological polar surface area (TPSA) is 50.5 Å². The SMILES string of the molecule is Cc1cc2nc(C3CCCN(C(=O)C45CC6CC(CC(C6)C4)C5)C3)cc(C(F)(F)F)n2n1. The zero-order chi connectivity index (χ0) is 22.3. The number of carbonyl (C=O) groups is 1. The lowest BCUT2D eigenvalue weighted by Gasteiger charge is -2.57. The summed E-state index contributed by atoms with van der Waals surface area (Å²) in [5, 5.41) is 3.98. The molecule has 32 heavy (non-hydrogen) atoms. The fourth-order valence-electron chi connectivity index (χ4n) is 7.63. The minimum absolute atomic E-state index is 0.178. The first-order valence-corrected chi connectivity index (χ1v) is 11.9. The summed E-state index contributed by atoms with van der Waals surface area (Å²) in [6, 6.07) is 2.72. The minimum Gasteiger partial charge on any atom is -0.342 e. The molecular formula is C24H29F3N4O. The molecule has 1 aliphatic heterocycles. The molecule has 3 heterocycles. The summed E-state index contributed by atoms with van der Waals surface area (Å²) in [5.41, 5.74) is 0.135. The van der Waals surface area contributed by atoms with E-state index < -0.39 is 11.9 Å². The number of hydrogen-bond donors (Lipinski definition) is 0. The second kappa shape index (κ2) is 6.94. The molecule has 5 nitrogen and oxygen atoms in total. The molecule has 0 spiro atoms. The van der Waals surface area contributed by atoms with Crippen molar-refractivity contribution >= 4 is 11.6 Å². The average molecular weight is 447 g/mol. The lowest BCUT2D eigenvalue weighted by atomic mass is 9.49. The Morgan fingerprint density at radius 1 is 1.09 bits per heavy atom. The quantitative estimate of drug-likeness (QED) is 0.654. The molecule has 5 aliphatic rings. The molecule has 0 N–H and O–H groups in total. The molecule has 1 atom stereocenters. The van der Waals surface area contributed by atoms with Crippen molar-refractivity contribution in [2.75, 3.05) is 13.1 Å². The van der Waals surface area contributed by atoms with E-state index in [1.807, 2.05) is 4.90 Å². The number of hydrogen-bond acceptors (Lipinski definition) is 3. The monoisotopic (exact) mass is 446 g/mol. The fraction of sp³-hybridized carbons (Fsp3) is 0.708. The summed E-state index contributed by atoms with van der Waals surface area (Å²) in [4.78, 5) is 20.3. The molecule has 0 aromatic carbocycles. The smallest absolute Gasteiger partial charge is 0.342 e. The Kier molecular flexibility index (Phi) is 4.44. The maximum Gasteiger partial charge on any atom is 0.433 e. The molecule has 4 saturated carbocycles. The maximum atomic E-state index is 13.8. The fourth-order valence-corrected chi connectivity index (χ4v) is 7.63. The maximum absolute atomic E-state index is 13.8. The summed E-state index contributed by atoms with van der Waals surface area (Å²) >= 11 is 0. The number of aryl methyl sites for hydroxylation is 1. The molecule has 5 fully saturated rings. The van der Waals surface area contributed by atoms with Gasteiger partial charge in [0.2, 0.25) is 5.91 Å². The van der Waals surface area contributed by atoms with Crippen LogP contribution in [0.15, 0.2) is 12.1 Å². The first-order valence-electron chi connectivity index (χ1n) is 11.9. The lowest BCUT2D eigenvalue weighted by molar-refractivity contribution is -0.159. The lowest BCUT2D eigenvalue weighted by Crippen LogP contribution is -2.55. The normalized spacial score (nSPS) is 34.4. The number of carbonyl (C=O) groups excluding carboxylic acids is 1. The Labute approximate surface area is 185 Å². The van der Waals surface area contributed by atoms with Crippen molar-refractivity contribution in [3.8, 4) is 0 Å². The van der Waals surface area contributed by atoms with Crippen molar-refractivity contribution in [3.05, 3.63) is 29.2 Å². The first-order chi connectivity index (χ1) is 15.2. The third-order valence-corrected chi connectivity index (χ3v) is 8.48. The second-order valence-electron chi connectivity index (χ2n) is 10.9. The van der Waals surface area contributed by atoms with Crippen LogP contribution in [0.4, 0.5) is 13.2 Å². The van der Waals surface area contributed by atoms with Gasteiger partial charge in [-0.2, -0.15) is 18.3 Å². The van der Waals surface area contributed by atoms with Gasteiger partial charge < -0.3 is 4.90 Å². The molecule has 4 bridgehead atoms. The largest absolute Gasteiger partial charge is 0.433 e. The van der Waals surface area contributed by atoms with Gasteiger partial charge in [0.25, 0.3) is 0 Å². The van der Waals surface area contributed by atoms with E-state index in [-0.39, 0.29) is 22.9 Å². The number of halogens is 3. The van der Waals surface area contributed by atoms with E-state index in [0.29, 0.717) is 42.2 Å². The van der Waals surface area contributed by atoms with Gasteiger partial charge in [0.05, 0.1) is 11.1 Å². The number of piperidine rings is 1. The van der Waals surface area contributed by atoms with Gasteiger partial charge in [-0.05, 0) is 82.1 Å². The van der Waals surface area contributed by atoms with E-state index in [9.17, 15) is 18.0 Å². The Morgan fingerprint density at radius 2 is 1.75 bits per heavy atom. The summed E-state index contributed by atoms with van der Waals surface area (Å²) < 4.78 is 42.1. The predicted molar refractivity (Wildman–Crippen MR) is 112 cm³/mol. The number of likely N-dealkylation sites (tertiary alicyclic amines) is 1. The van der Waals surface area contributed by atoms with Gasteiger partial charge in [0, 0.05) is 30.8 Å². The van der Waals surface area contributed by atoms with Crippen LogP contribution in [-0.2, 0) is 11.0 Å². The van der Waals surface area contributed by atoms with Crippen LogP contribution in [0.5, 0.6) is 0 Å². The number of alkyl halides is 3. The van der Waals surface area contributed by atoms with Crippen LogP contribution in [0.25, 0.3) is 5.65 Å². The Hall–Kier alpha value is -2.12. The molecule has 7 rings (SSSR count). The summed E-state index contributed by atoms with van der Waals surface area (Å²) in [5.74, 6) is 2.15. The van der Waals surface area contributed by atoms with Crippen LogP contribution in [0.3, 0.4) is 0 Å². The molecule has 2 aromatic rings. The molecule has 1 saturated heterocycles. The van der Waals surface area contributed by atoms with E-state index in [4.69, 9.17) is 0 Å². The summed E-state index contributed by atoms with van der Waals surface area (Å²) in [6.07, 6.45) is 3.91. The summed E-state index contributed by atoms with van der Waals surface area (Å²) in [6.45, 7) is 2.84. The number of nitrogens with zero attached hydrogens (tertiary/aromatic N) is 4. The van der Waals surface area contributed by atoms with Crippen molar-refractivity contribution in [1.29, 1.82) is 0 Å². The third-order valence-electron chi connectivity index (χ3n) is 8.48. The number of fused-ring (bicyclic) bond motifs is 1. The molecule has 4 aliphatic carbocycles. The Morgan fingerprint density at radius 3 is 2.38 bits per heavy atom. The van der Waals surface area contributed by atoms with E-state index in [1.165, 1.54) is 19.3 Å². The van der Waals surface area contributed by atoms with Crippen LogP contribution in [-0.4, -0.2) is 38.5 Å². The second-order valence-corrected chi connectivity index (χ2v) is 10.9. The zero-order valence-electron chi connectivity index (χ0n) is 18.4. The molecule has 1 unspecified atom stereocenters. The van der Waals surface area contributed by atoms with Crippen molar-refractivity contribution < 1.29 is 18.0 Å². The van der Waals surface area contributed by atoms with Gasteiger partial charge >= 0.3 is 6.18 Å². The predicted octanol–water partition coefficient (Wildman–Crippen LogP) is 4.98. The number of rotatable bonds is 2. The highest BCUT2D eigenvalue weighted by atomic mass is 19.4. The van der Waals surface area contributed by atoms with Gasteiger partial charge in [-0.15, -0.1) is 0 Å². The Balaban J connectivity index is 1.29. The molecule has 1 amide bonds. The van der Waals surface area contributed by atoms with Crippen LogP contribution in [0, 0.1) is 30.1 Å². The van der Waals surface area contributed by atoms with Gasteiger partial charge in [-0.1, -0.05) is 0 Å². The highest BCUT2D eigenvalue weighted by molar-refractivity contribution is 5.83. The van der Waals surface area contributed by atoms with Gasteiger partial charge in [-0.25, -0.2) is 9.50 Å². The molecular weight excluding hydrogens is 417 g/mol. The van der Waals surface area contributed by atoms with Crippen molar-refractivity contribution in [1.82, 2.24) is 19.5 Å². The van der Waals surface area contributed by atoms with E-state index in [2.05, 4.69) is 10.1 Å². The van der Waals surface area contributed by atoms with Crippen molar-refractivity contribution in [3.63, 3.8) is 0 Å². The third kappa shape index (κ3) is 3.24. The average Bonchev–Trinajstić information content (AvgIpc) is 3.10. The van der Waals surface area contributed by atoms with Crippen LogP contribution in [0.1, 0.15) is 74.4 Å². The zero-order valence-corrected chi connectivity index (χ0v) is 18.4. The van der Waals surface area contributed by atoms with E-state index >= 15 is 0 Å². The number of amides is 1. The van der Waals surface area contributed by atoms with E-state index in [1.54, 1.807) is 13.0 Å². The van der Waals surface area contributed by atoms with Crippen LogP contribution >= 0.6 is 0 Å². The minimum atomic E-state index is -4.52. The standard InChI is InChI=1S/C24H29F3N4O/c1-14-5-21-28-19(9-20(24(25,26)27)31(21)29-14)18-3-2-4-30(13-18)22(32)23-10-15-6-16(11-23)8-17(7-15)12-23/h5,9,15-18H,2-4,6-8,10-13H2,1H3. The van der Waals surface area contributed by atoms with Gasteiger partial charge in [0.1, 0.15) is 5.69 Å². The first kappa shape index (κ1) is 20.5. The van der Waals surface area contributed by atoms with Gasteiger partial charge in [-0.3, -0.25) is 4.79 Å². The summed E-state index contributed by atoms with van der Waals surface area (Å²) in [7, 11) is 0. The van der Waals surface area contributed by atoms with Gasteiger partial charge in [0.15, 0.2) is 5.65 Å². The highest BCUT2D eigenvalue weighted by Crippen LogP contribution is 2.60. The molecule has 2 aromatic heterocycles. The van der Waals surface area contributed by atoms with Crippen LogP contribution < -0.4 is 0 Å². The molecule has 8 heteroatoms. The van der Waals surface area contributed by atoms with Crippen molar-refractivity contribution in [2.45, 2.75) is 70.4 Å². The number of aromatic nitrogens is 3. The Bertz CT molecular complexity index is 1040. The van der Waals surface area contributed by atoms with E-state index in [0.717, 1.165) is 42.7 Å². The van der Waals surface area contributed by atoms with Crippen LogP contribution in [0.2, 0.25) is 0 Å². The molecule has 172 valence electrons. The molecule has 0 radical (unpaired) electrons.